The van der Waals surface area contributed by atoms with E-state index in [2.05, 4.69) is 11.9 Å². The molecule has 0 saturated carbocycles. The number of anilines is 1. The van der Waals surface area contributed by atoms with Crippen molar-refractivity contribution >= 4 is 35.1 Å². The summed E-state index contributed by atoms with van der Waals surface area (Å²) >= 11 is 6.00. The molecular formula is C21H21ClN2O4. The van der Waals surface area contributed by atoms with Gasteiger partial charge >= 0.3 is 5.97 Å². The van der Waals surface area contributed by atoms with Crippen LogP contribution in [0.1, 0.15) is 27.6 Å². The van der Waals surface area contributed by atoms with Crippen LogP contribution in [-0.2, 0) is 9.53 Å². The Balaban J connectivity index is 2.32. The maximum absolute atomic E-state index is 13.0. The molecule has 1 N–H and O–H groups in total. The number of carbonyl (C=O) groups excluding carboxylic acids is 3. The molecule has 0 atom stereocenters. The summed E-state index contributed by atoms with van der Waals surface area (Å²) in [5.74, 6) is -1.35. The summed E-state index contributed by atoms with van der Waals surface area (Å²) in [6.07, 6.45) is 1.57. The van der Waals surface area contributed by atoms with E-state index in [9.17, 15) is 14.4 Å². The Morgan fingerprint density at radius 1 is 1.18 bits per heavy atom. The molecule has 0 aliphatic heterocycles. The number of benzene rings is 2. The molecule has 146 valence electrons. The molecule has 2 aromatic rings. The zero-order chi connectivity index (χ0) is 20.5. The normalized spacial score (nSPS) is 10.1. The van der Waals surface area contributed by atoms with Crippen molar-refractivity contribution in [1.82, 2.24) is 5.32 Å². The van der Waals surface area contributed by atoms with Crippen LogP contribution < -0.4 is 10.2 Å². The van der Waals surface area contributed by atoms with Crippen molar-refractivity contribution in [3.8, 4) is 0 Å². The second-order valence-electron chi connectivity index (χ2n) is 5.72. The molecule has 6 nitrogen and oxygen atoms in total. The number of para-hydroxylation sites is 1. The highest BCUT2D eigenvalue weighted by atomic mass is 35.5. The van der Waals surface area contributed by atoms with E-state index in [1.165, 1.54) is 4.90 Å². The van der Waals surface area contributed by atoms with Crippen LogP contribution >= 0.6 is 11.6 Å². The van der Waals surface area contributed by atoms with E-state index in [-0.39, 0.29) is 31.2 Å². The Labute approximate surface area is 168 Å². The molecule has 0 saturated heterocycles. The van der Waals surface area contributed by atoms with E-state index in [0.29, 0.717) is 16.3 Å². The number of hydrogen-bond donors (Lipinski definition) is 1. The van der Waals surface area contributed by atoms with Gasteiger partial charge < -0.3 is 15.0 Å². The zero-order valence-electron chi connectivity index (χ0n) is 15.5. The first-order valence-corrected chi connectivity index (χ1v) is 9.06. The van der Waals surface area contributed by atoms with Crippen molar-refractivity contribution in [1.29, 1.82) is 0 Å². The predicted octanol–water partition coefficient (Wildman–Crippen LogP) is 3.47. The molecule has 2 rings (SSSR count). The Hall–Kier alpha value is -3.12. The minimum absolute atomic E-state index is 0.188. The first kappa shape index (κ1) is 21.2. The monoisotopic (exact) mass is 400 g/mol. The summed E-state index contributed by atoms with van der Waals surface area (Å²) in [6, 6.07) is 13.2. The molecular weight excluding hydrogens is 380 g/mol. The summed E-state index contributed by atoms with van der Waals surface area (Å²) < 4.78 is 4.81. The van der Waals surface area contributed by atoms with Gasteiger partial charge in [0.15, 0.2) is 0 Å². The number of nitrogens with one attached hydrogen (secondary N) is 1. The van der Waals surface area contributed by atoms with Gasteiger partial charge in [0.2, 0.25) is 0 Å². The van der Waals surface area contributed by atoms with Crippen LogP contribution in [0.15, 0.2) is 61.2 Å². The lowest BCUT2D eigenvalue weighted by Gasteiger charge is -2.24. The molecule has 0 heterocycles. The fraction of sp³-hybridized carbons (Fsp3) is 0.190. The van der Waals surface area contributed by atoms with Gasteiger partial charge in [0.05, 0.1) is 17.9 Å². The van der Waals surface area contributed by atoms with Crippen molar-refractivity contribution in [3.63, 3.8) is 0 Å². The highest BCUT2D eigenvalue weighted by Crippen LogP contribution is 2.23. The molecule has 0 bridgehead atoms. The first-order chi connectivity index (χ1) is 13.5. The number of carbonyl (C=O) groups is 3. The Morgan fingerprint density at radius 2 is 1.93 bits per heavy atom. The molecule has 0 unspecified atom stereocenters. The molecule has 0 radical (unpaired) electrons. The van der Waals surface area contributed by atoms with Gasteiger partial charge in [0.25, 0.3) is 11.8 Å². The molecule has 28 heavy (non-hydrogen) atoms. The second-order valence-corrected chi connectivity index (χ2v) is 6.16. The van der Waals surface area contributed by atoms with Gasteiger partial charge in [-0.1, -0.05) is 35.9 Å². The number of rotatable bonds is 8. The third-order valence-electron chi connectivity index (χ3n) is 3.77. The van der Waals surface area contributed by atoms with Crippen molar-refractivity contribution in [2.75, 3.05) is 24.6 Å². The van der Waals surface area contributed by atoms with E-state index in [1.54, 1.807) is 61.5 Å². The average molecular weight is 401 g/mol. The molecule has 2 amide bonds. The number of esters is 1. The van der Waals surface area contributed by atoms with E-state index < -0.39 is 11.9 Å². The first-order valence-electron chi connectivity index (χ1n) is 8.69. The molecule has 0 fully saturated rings. The highest BCUT2D eigenvalue weighted by molar-refractivity contribution is 6.31. The second kappa shape index (κ2) is 10.3. The maximum Gasteiger partial charge on any atom is 0.325 e. The topological polar surface area (TPSA) is 75.7 Å². The molecule has 0 aromatic heterocycles. The Bertz CT molecular complexity index is 882. The number of ether oxygens (including phenoxy) is 1. The quantitative estimate of drug-likeness (QED) is 0.543. The van der Waals surface area contributed by atoms with Crippen molar-refractivity contribution in [2.24, 2.45) is 0 Å². The standard InChI is InChI=1S/C21H21ClN2O4/c1-3-12-24(21(27)15-8-7-9-16(22)13-15)18-11-6-5-10-17(18)20(26)23-14-19(25)28-4-2/h3,5-11,13H,1,4,12,14H2,2H3,(H,23,26). The lowest BCUT2D eigenvalue weighted by atomic mass is 10.1. The molecule has 0 aliphatic carbocycles. The van der Waals surface area contributed by atoms with Crippen LogP contribution in [0.5, 0.6) is 0 Å². The van der Waals surface area contributed by atoms with Gasteiger partial charge in [-0.15, -0.1) is 6.58 Å². The van der Waals surface area contributed by atoms with Crippen LogP contribution in [0.25, 0.3) is 0 Å². The third kappa shape index (κ3) is 5.44. The van der Waals surface area contributed by atoms with Crippen molar-refractivity contribution in [2.45, 2.75) is 6.92 Å². The number of halogens is 1. The van der Waals surface area contributed by atoms with Crippen molar-refractivity contribution in [3.05, 3.63) is 77.3 Å². The molecule has 0 aliphatic rings. The van der Waals surface area contributed by atoms with Gasteiger partial charge in [0, 0.05) is 17.1 Å². The lowest BCUT2D eigenvalue weighted by Crippen LogP contribution is -2.35. The van der Waals surface area contributed by atoms with Gasteiger partial charge in [0.1, 0.15) is 6.54 Å². The third-order valence-corrected chi connectivity index (χ3v) is 4.00. The van der Waals surface area contributed by atoms with Crippen molar-refractivity contribution < 1.29 is 19.1 Å². The lowest BCUT2D eigenvalue weighted by molar-refractivity contribution is -0.141. The van der Waals surface area contributed by atoms with Crippen LogP contribution in [0.2, 0.25) is 5.02 Å². The molecule has 0 spiro atoms. The largest absolute Gasteiger partial charge is 0.465 e. The van der Waals surface area contributed by atoms with E-state index in [4.69, 9.17) is 16.3 Å². The summed E-state index contributed by atoms with van der Waals surface area (Å²) in [7, 11) is 0. The highest BCUT2D eigenvalue weighted by Gasteiger charge is 2.22. The zero-order valence-corrected chi connectivity index (χ0v) is 16.2. The summed E-state index contributed by atoms with van der Waals surface area (Å²) in [6.45, 7) is 5.53. The van der Waals surface area contributed by atoms with Gasteiger partial charge in [-0.2, -0.15) is 0 Å². The van der Waals surface area contributed by atoms with E-state index >= 15 is 0 Å². The van der Waals surface area contributed by atoms with Crippen LogP contribution in [0.3, 0.4) is 0 Å². The SMILES string of the molecule is C=CCN(C(=O)c1cccc(Cl)c1)c1ccccc1C(=O)NCC(=O)OCC. The fourth-order valence-electron chi connectivity index (χ4n) is 2.56. The van der Waals surface area contributed by atoms with Gasteiger partial charge in [-0.05, 0) is 37.3 Å². The maximum atomic E-state index is 13.0. The van der Waals surface area contributed by atoms with Crippen LogP contribution in [-0.4, -0.2) is 37.5 Å². The minimum Gasteiger partial charge on any atom is -0.465 e. The number of hydrogen-bond acceptors (Lipinski definition) is 4. The van der Waals surface area contributed by atoms with E-state index in [1.807, 2.05) is 0 Å². The molecule has 2 aromatic carbocycles. The number of nitrogens with zero attached hydrogens (tertiary/aromatic N) is 1. The molecule has 7 heteroatoms. The average Bonchev–Trinajstić information content (AvgIpc) is 2.70. The summed E-state index contributed by atoms with van der Waals surface area (Å²) in [4.78, 5) is 38.5. The number of amides is 2. The minimum atomic E-state index is -0.536. The van der Waals surface area contributed by atoms with Gasteiger partial charge in [-0.3, -0.25) is 14.4 Å². The predicted molar refractivity (Wildman–Crippen MR) is 109 cm³/mol. The van der Waals surface area contributed by atoms with E-state index in [0.717, 1.165) is 0 Å². The van der Waals surface area contributed by atoms with Gasteiger partial charge in [-0.25, -0.2) is 0 Å². The summed E-state index contributed by atoms with van der Waals surface area (Å²) in [5.41, 5.74) is 1.04. The van der Waals surface area contributed by atoms with Crippen LogP contribution in [0.4, 0.5) is 5.69 Å². The Kier molecular flexibility index (Phi) is 7.77. The summed E-state index contributed by atoms with van der Waals surface area (Å²) in [5, 5.41) is 2.95. The smallest absolute Gasteiger partial charge is 0.325 e. The Morgan fingerprint density at radius 3 is 2.61 bits per heavy atom. The fourth-order valence-corrected chi connectivity index (χ4v) is 2.75. The van der Waals surface area contributed by atoms with Crippen LogP contribution in [0, 0.1) is 0 Å².